The van der Waals surface area contributed by atoms with Gasteiger partial charge in [-0.05, 0) is 24.6 Å². The second-order valence-corrected chi connectivity index (χ2v) is 3.92. The third-order valence-corrected chi connectivity index (χ3v) is 2.27. The van der Waals surface area contributed by atoms with Gasteiger partial charge in [0, 0.05) is 11.4 Å². The Hall–Kier alpha value is -1.23. The van der Waals surface area contributed by atoms with E-state index in [4.69, 9.17) is 11.6 Å². The van der Waals surface area contributed by atoms with E-state index in [0.29, 0.717) is 6.42 Å². The summed E-state index contributed by atoms with van der Waals surface area (Å²) in [5.74, 6) is -0.444. The van der Waals surface area contributed by atoms with Gasteiger partial charge in [0.25, 0.3) is 0 Å². The summed E-state index contributed by atoms with van der Waals surface area (Å²) in [7, 11) is 0. The molecule has 0 heterocycles. The average molecular weight is 266 g/mol. The zero-order chi connectivity index (χ0) is 13.1. The molecule has 1 amide bonds. The quantitative estimate of drug-likeness (QED) is 0.876. The van der Waals surface area contributed by atoms with Gasteiger partial charge in [-0.15, -0.1) is 0 Å². The Labute approximate surface area is 102 Å². The fraction of sp³-hybridized carbons (Fsp3) is 0.364. The lowest BCUT2D eigenvalue weighted by Crippen LogP contribution is -2.16. The number of benzene rings is 1. The molecule has 0 unspecified atom stereocenters. The molecule has 0 aromatic heterocycles. The highest BCUT2D eigenvalue weighted by Gasteiger charge is 2.34. The van der Waals surface area contributed by atoms with E-state index in [9.17, 15) is 18.0 Å². The number of rotatable bonds is 3. The molecule has 1 aromatic carbocycles. The first-order chi connectivity index (χ1) is 7.84. The Morgan fingerprint density at radius 3 is 2.59 bits per heavy atom. The summed E-state index contributed by atoms with van der Waals surface area (Å²) in [4.78, 5) is 11.3. The van der Waals surface area contributed by atoms with E-state index in [-0.39, 0.29) is 17.1 Å². The maximum Gasteiger partial charge on any atom is 0.418 e. The fourth-order valence-corrected chi connectivity index (χ4v) is 1.47. The summed E-state index contributed by atoms with van der Waals surface area (Å²) in [5, 5.41) is 2.21. The van der Waals surface area contributed by atoms with Crippen LogP contribution < -0.4 is 5.32 Å². The zero-order valence-electron chi connectivity index (χ0n) is 9.07. The SMILES string of the molecule is CCCC(=O)Nc1ccc(Cl)cc1C(F)(F)F. The predicted molar refractivity (Wildman–Crippen MR) is 60.0 cm³/mol. The summed E-state index contributed by atoms with van der Waals surface area (Å²) >= 11 is 5.51. The first kappa shape index (κ1) is 13.8. The molecule has 0 radical (unpaired) electrons. The molecule has 2 nitrogen and oxygen atoms in total. The Balaban J connectivity index is 3.03. The van der Waals surface area contributed by atoms with Crippen molar-refractivity contribution in [2.45, 2.75) is 25.9 Å². The number of nitrogens with one attached hydrogen (secondary N) is 1. The van der Waals surface area contributed by atoms with Gasteiger partial charge >= 0.3 is 6.18 Å². The van der Waals surface area contributed by atoms with Crippen molar-refractivity contribution in [2.24, 2.45) is 0 Å². The van der Waals surface area contributed by atoms with Crippen LogP contribution in [0.2, 0.25) is 5.02 Å². The van der Waals surface area contributed by atoms with Crippen LogP contribution in [-0.4, -0.2) is 5.91 Å². The molecular formula is C11H11ClF3NO. The molecule has 0 atom stereocenters. The van der Waals surface area contributed by atoms with Crippen LogP contribution in [0.25, 0.3) is 0 Å². The van der Waals surface area contributed by atoms with Crippen molar-refractivity contribution in [1.29, 1.82) is 0 Å². The van der Waals surface area contributed by atoms with Gasteiger partial charge in [-0.1, -0.05) is 18.5 Å². The van der Waals surface area contributed by atoms with Crippen molar-refractivity contribution in [2.75, 3.05) is 5.32 Å². The number of carbonyl (C=O) groups is 1. The van der Waals surface area contributed by atoms with E-state index >= 15 is 0 Å². The van der Waals surface area contributed by atoms with E-state index < -0.39 is 17.6 Å². The van der Waals surface area contributed by atoms with Crippen molar-refractivity contribution < 1.29 is 18.0 Å². The highest BCUT2D eigenvalue weighted by molar-refractivity contribution is 6.30. The second kappa shape index (κ2) is 5.40. The topological polar surface area (TPSA) is 29.1 Å². The number of hydrogen-bond acceptors (Lipinski definition) is 1. The van der Waals surface area contributed by atoms with E-state index in [1.165, 1.54) is 6.07 Å². The molecule has 6 heteroatoms. The number of alkyl halides is 3. The molecule has 0 saturated carbocycles. The molecule has 0 saturated heterocycles. The minimum absolute atomic E-state index is 0.0224. The van der Waals surface area contributed by atoms with Crippen LogP contribution in [0.1, 0.15) is 25.3 Å². The number of halogens is 4. The van der Waals surface area contributed by atoms with Gasteiger partial charge in [-0.3, -0.25) is 4.79 Å². The van der Waals surface area contributed by atoms with Crippen molar-refractivity contribution in [3.63, 3.8) is 0 Å². The monoisotopic (exact) mass is 265 g/mol. The Morgan fingerprint density at radius 2 is 2.06 bits per heavy atom. The largest absolute Gasteiger partial charge is 0.418 e. The molecule has 1 rings (SSSR count). The highest BCUT2D eigenvalue weighted by Crippen LogP contribution is 2.36. The van der Waals surface area contributed by atoms with Crippen molar-refractivity contribution in [3.8, 4) is 0 Å². The maximum absolute atomic E-state index is 12.7. The predicted octanol–water partition coefficient (Wildman–Crippen LogP) is 4.10. The fourth-order valence-electron chi connectivity index (χ4n) is 1.30. The lowest BCUT2D eigenvalue weighted by Gasteiger charge is -2.13. The zero-order valence-corrected chi connectivity index (χ0v) is 9.82. The van der Waals surface area contributed by atoms with Crippen molar-refractivity contribution in [3.05, 3.63) is 28.8 Å². The molecular weight excluding hydrogens is 255 g/mol. The molecule has 1 N–H and O–H groups in total. The lowest BCUT2D eigenvalue weighted by molar-refractivity contribution is -0.137. The summed E-state index contributed by atoms with van der Waals surface area (Å²) in [6.07, 6.45) is -3.79. The highest BCUT2D eigenvalue weighted by atomic mass is 35.5. The standard InChI is InChI=1S/C11H11ClF3NO/c1-2-3-10(17)16-9-5-4-7(12)6-8(9)11(13,14)15/h4-6H,2-3H2,1H3,(H,16,17). The van der Waals surface area contributed by atoms with Crippen LogP contribution in [0, 0.1) is 0 Å². The van der Waals surface area contributed by atoms with Crippen LogP contribution in [-0.2, 0) is 11.0 Å². The summed E-state index contributed by atoms with van der Waals surface area (Å²) in [5.41, 5.74) is -1.20. The number of amides is 1. The van der Waals surface area contributed by atoms with E-state index in [2.05, 4.69) is 5.32 Å². The first-order valence-electron chi connectivity index (χ1n) is 5.01. The first-order valence-corrected chi connectivity index (χ1v) is 5.39. The molecule has 0 fully saturated rings. The number of anilines is 1. The van der Waals surface area contributed by atoms with Gasteiger partial charge in [0.05, 0.1) is 11.3 Å². The van der Waals surface area contributed by atoms with Crippen molar-refractivity contribution in [1.82, 2.24) is 0 Å². The smallest absolute Gasteiger partial charge is 0.326 e. The minimum atomic E-state index is -4.54. The van der Waals surface area contributed by atoms with E-state index in [1.54, 1.807) is 6.92 Å². The number of hydrogen-bond donors (Lipinski definition) is 1. The Bertz CT molecular complexity index is 418. The van der Waals surface area contributed by atoms with Gasteiger partial charge in [0.1, 0.15) is 0 Å². The number of carbonyl (C=O) groups excluding carboxylic acids is 1. The van der Waals surface area contributed by atoms with Crippen LogP contribution >= 0.6 is 11.6 Å². The molecule has 0 aliphatic heterocycles. The summed E-state index contributed by atoms with van der Waals surface area (Å²) in [6, 6.07) is 3.25. The third kappa shape index (κ3) is 3.93. The molecule has 94 valence electrons. The third-order valence-electron chi connectivity index (χ3n) is 2.04. The molecule has 17 heavy (non-hydrogen) atoms. The lowest BCUT2D eigenvalue weighted by atomic mass is 10.1. The van der Waals surface area contributed by atoms with Gasteiger partial charge in [-0.2, -0.15) is 13.2 Å². The Kier molecular flexibility index (Phi) is 4.40. The van der Waals surface area contributed by atoms with Gasteiger partial charge < -0.3 is 5.32 Å². The second-order valence-electron chi connectivity index (χ2n) is 3.49. The van der Waals surface area contributed by atoms with Gasteiger partial charge in [-0.25, -0.2) is 0 Å². The molecule has 1 aromatic rings. The maximum atomic E-state index is 12.7. The van der Waals surface area contributed by atoms with E-state index in [0.717, 1.165) is 12.1 Å². The molecule has 0 aliphatic rings. The summed E-state index contributed by atoms with van der Waals surface area (Å²) < 4.78 is 38.0. The van der Waals surface area contributed by atoms with Crippen molar-refractivity contribution >= 4 is 23.2 Å². The van der Waals surface area contributed by atoms with E-state index in [1.807, 2.05) is 0 Å². The summed E-state index contributed by atoms with van der Waals surface area (Å²) in [6.45, 7) is 1.77. The minimum Gasteiger partial charge on any atom is -0.326 e. The van der Waals surface area contributed by atoms with Gasteiger partial charge in [0.2, 0.25) is 5.91 Å². The normalized spacial score (nSPS) is 11.4. The van der Waals surface area contributed by atoms with Crippen LogP contribution in [0.15, 0.2) is 18.2 Å². The molecule has 0 spiro atoms. The average Bonchev–Trinajstić information content (AvgIpc) is 2.19. The Morgan fingerprint density at radius 1 is 1.41 bits per heavy atom. The van der Waals surface area contributed by atoms with Crippen LogP contribution in [0.3, 0.4) is 0 Å². The van der Waals surface area contributed by atoms with Crippen LogP contribution in [0.4, 0.5) is 18.9 Å². The van der Waals surface area contributed by atoms with Gasteiger partial charge in [0.15, 0.2) is 0 Å². The molecule has 0 aliphatic carbocycles. The van der Waals surface area contributed by atoms with Crippen LogP contribution in [0.5, 0.6) is 0 Å². The molecule has 0 bridgehead atoms.